The molecule has 2 N–H and O–H groups in total. The summed E-state index contributed by atoms with van der Waals surface area (Å²) in [7, 11) is 0. The molecule has 0 unspecified atom stereocenters. The van der Waals surface area contributed by atoms with E-state index in [1.165, 1.54) is 0 Å². The van der Waals surface area contributed by atoms with Gasteiger partial charge in [0.25, 0.3) is 0 Å². The first kappa shape index (κ1) is 18.3. The average molecular weight is 312 g/mol. The third-order valence-electron chi connectivity index (χ3n) is 2.63. The number of hydrogen-bond donors (Lipinski definition) is 2. The maximum Gasteiger partial charge on any atom is 0.410 e. The number of rotatable bonds is 2. The number of amides is 2. The summed E-state index contributed by atoms with van der Waals surface area (Å²) in [6, 6.07) is 0. The van der Waals surface area contributed by atoms with Gasteiger partial charge in [-0.25, -0.2) is 4.79 Å². The molecule has 1 aliphatic rings. The molecule has 0 saturated heterocycles. The maximum atomic E-state index is 12.0. The topological polar surface area (TPSA) is 83.0 Å². The van der Waals surface area contributed by atoms with Crippen molar-refractivity contribution in [3.63, 3.8) is 0 Å². The largest absolute Gasteiger partial charge is 0.444 e. The fourth-order valence-electron chi connectivity index (χ4n) is 1.85. The molecule has 7 heteroatoms. The number of aliphatic imine (C=N–C) groups is 1. The van der Waals surface area contributed by atoms with Gasteiger partial charge in [0.1, 0.15) is 11.4 Å². The van der Waals surface area contributed by atoms with Gasteiger partial charge in [-0.05, 0) is 41.5 Å². The lowest BCUT2D eigenvalue weighted by Gasteiger charge is -2.30. The van der Waals surface area contributed by atoms with Crippen LogP contribution in [0.5, 0.6) is 0 Å². The number of ether oxygens (including phenoxy) is 1. The quantitative estimate of drug-likeness (QED) is 0.801. The zero-order valence-corrected chi connectivity index (χ0v) is 14.4. The Hall–Kier alpha value is -1.79. The summed E-state index contributed by atoms with van der Waals surface area (Å²) in [5.74, 6) is 0.519. The van der Waals surface area contributed by atoms with Crippen LogP contribution in [0, 0.1) is 0 Å². The number of carbonyl (C=O) groups is 2. The Bertz CT molecular complexity index is 447. The zero-order valence-electron chi connectivity index (χ0n) is 14.4. The highest BCUT2D eigenvalue weighted by molar-refractivity contribution is 5.91. The van der Waals surface area contributed by atoms with Crippen LogP contribution in [-0.2, 0) is 9.53 Å². The number of nitrogens with zero attached hydrogens (tertiary/aromatic N) is 2. The van der Waals surface area contributed by atoms with Crippen molar-refractivity contribution in [2.24, 2.45) is 4.99 Å². The minimum absolute atomic E-state index is 0.107. The molecule has 0 radical (unpaired) electrons. The minimum Gasteiger partial charge on any atom is -0.444 e. The van der Waals surface area contributed by atoms with E-state index in [4.69, 9.17) is 4.74 Å². The highest BCUT2D eigenvalue weighted by Crippen LogP contribution is 2.10. The molecule has 0 aromatic heterocycles. The Labute approximate surface area is 132 Å². The summed E-state index contributed by atoms with van der Waals surface area (Å²) >= 11 is 0. The van der Waals surface area contributed by atoms with Gasteiger partial charge >= 0.3 is 6.09 Å². The van der Waals surface area contributed by atoms with Crippen molar-refractivity contribution in [1.82, 2.24) is 15.5 Å². The highest BCUT2D eigenvalue weighted by Gasteiger charge is 2.25. The number of nitrogens with one attached hydrogen (secondary N) is 2. The lowest BCUT2D eigenvalue weighted by atomic mass is 10.1. The Kier molecular flexibility index (Phi) is 5.79. The summed E-state index contributed by atoms with van der Waals surface area (Å²) in [5, 5.41) is 5.84. The number of carbonyl (C=O) groups excluding carboxylic acids is 2. The summed E-state index contributed by atoms with van der Waals surface area (Å²) in [4.78, 5) is 29.7. The van der Waals surface area contributed by atoms with Gasteiger partial charge in [-0.3, -0.25) is 14.7 Å². The van der Waals surface area contributed by atoms with Gasteiger partial charge in [0, 0.05) is 12.1 Å². The SMILES string of the molecule is CC(C)(C)NC(=O)CNC1=NCCN(C(=O)OC(C)(C)C)C1. The van der Waals surface area contributed by atoms with Gasteiger partial charge in [-0.1, -0.05) is 0 Å². The second-order valence-electron chi connectivity index (χ2n) is 7.38. The standard InChI is InChI=1S/C15H28N4O3/c1-14(2,3)18-12(20)9-17-11-10-19(8-7-16-11)13(21)22-15(4,5)6/h7-10H2,1-6H3,(H,16,17)(H,18,20). The molecule has 0 spiro atoms. The molecule has 7 nitrogen and oxygen atoms in total. The van der Waals surface area contributed by atoms with Crippen LogP contribution in [0.4, 0.5) is 4.79 Å². The first-order valence-corrected chi connectivity index (χ1v) is 7.52. The molecule has 0 bridgehead atoms. The Morgan fingerprint density at radius 1 is 1.23 bits per heavy atom. The molecule has 22 heavy (non-hydrogen) atoms. The van der Waals surface area contributed by atoms with E-state index in [9.17, 15) is 9.59 Å². The molecule has 0 aromatic rings. The van der Waals surface area contributed by atoms with E-state index in [2.05, 4.69) is 15.6 Å². The Morgan fingerprint density at radius 3 is 2.41 bits per heavy atom. The Morgan fingerprint density at radius 2 is 1.86 bits per heavy atom. The van der Waals surface area contributed by atoms with Crippen molar-refractivity contribution in [3.8, 4) is 0 Å². The van der Waals surface area contributed by atoms with E-state index in [1.807, 2.05) is 41.5 Å². The van der Waals surface area contributed by atoms with Gasteiger partial charge in [-0.15, -0.1) is 0 Å². The third kappa shape index (κ3) is 7.28. The summed E-state index contributed by atoms with van der Waals surface area (Å²) in [6.45, 7) is 12.8. The molecule has 1 aliphatic heterocycles. The second-order valence-corrected chi connectivity index (χ2v) is 7.38. The molecule has 2 amide bonds. The van der Waals surface area contributed by atoms with Crippen LogP contribution < -0.4 is 10.6 Å². The first-order valence-electron chi connectivity index (χ1n) is 7.52. The van der Waals surface area contributed by atoms with Crippen molar-refractivity contribution < 1.29 is 14.3 Å². The van der Waals surface area contributed by atoms with Crippen molar-refractivity contribution in [3.05, 3.63) is 0 Å². The van der Waals surface area contributed by atoms with Crippen LogP contribution in [0.2, 0.25) is 0 Å². The third-order valence-corrected chi connectivity index (χ3v) is 2.63. The molecular weight excluding hydrogens is 284 g/mol. The van der Waals surface area contributed by atoms with Crippen molar-refractivity contribution in [2.75, 3.05) is 26.2 Å². The molecule has 0 saturated carbocycles. The summed E-state index contributed by atoms with van der Waals surface area (Å²) in [6.07, 6.45) is -0.360. The van der Waals surface area contributed by atoms with Crippen molar-refractivity contribution in [2.45, 2.75) is 52.7 Å². The highest BCUT2D eigenvalue weighted by atomic mass is 16.6. The molecule has 0 fully saturated rings. The van der Waals surface area contributed by atoms with Crippen LogP contribution in [0.1, 0.15) is 41.5 Å². The molecular formula is C15H28N4O3. The fourth-order valence-corrected chi connectivity index (χ4v) is 1.85. The molecule has 0 aromatic carbocycles. The predicted molar refractivity (Wildman–Crippen MR) is 86.0 cm³/mol. The second kappa shape index (κ2) is 6.98. The zero-order chi connectivity index (χ0) is 17.0. The van der Waals surface area contributed by atoms with E-state index in [-0.39, 0.29) is 24.1 Å². The van der Waals surface area contributed by atoms with Gasteiger partial charge in [0.2, 0.25) is 5.91 Å². The number of hydrogen-bond acceptors (Lipinski definition) is 5. The van der Waals surface area contributed by atoms with Crippen LogP contribution >= 0.6 is 0 Å². The molecule has 0 aliphatic carbocycles. The Balaban J connectivity index is 2.45. The van der Waals surface area contributed by atoms with Crippen LogP contribution in [0.15, 0.2) is 4.99 Å². The van der Waals surface area contributed by atoms with E-state index < -0.39 is 5.60 Å². The average Bonchev–Trinajstić information content (AvgIpc) is 2.32. The number of amidine groups is 1. The molecule has 1 rings (SSSR count). The summed E-state index contributed by atoms with van der Waals surface area (Å²) in [5.41, 5.74) is -0.790. The lowest BCUT2D eigenvalue weighted by molar-refractivity contribution is -0.121. The van der Waals surface area contributed by atoms with E-state index in [0.717, 1.165) is 0 Å². The molecule has 1 heterocycles. The lowest BCUT2D eigenvalue weighted by Crippen LogP contribution is -2.50. The van der Waals surface area contributed by atoms with Crippen LogP contribution in [0.25, 0.3) is 0 Å². The monoisotopic (exact) mass is 312 g/mol. The van der Waals surface area contributed by atoms with Crippen molar-refractivity contribution >= 4 is 17.8 Å². The van der Waals surface area contributed by atoms with E-state index in [0.29, 0.717) is 25.5 Å². The van der Waals surface area contributed by atoms with Gasteiger partial charge in [0.15, 0.2) is 0 Å². The molecule has 126 valence electrons. The maximum absolute atomic E-state index is 12.0. The summed E-state index contributed by atoms with van der Waals surface area (Å²) < 4.78 is 5.34. The normalized spacial score (nSPS) is 15.9. The first-order chi connectivity index (χ1) is 9.96. The van der Waals surface area contributed by atoms with Gasteiger partial charge in [0.05, 0.1) is 19.6 Å². The van der Waals surface area contributed by atoms with E-state index in [1.54, 1.807) is 4.90 Å². The fraction of sp³-hybridized carbons (Fsp3) is 0.800. The van der Waals surface area contributed by atoms with Crippen LogP contribution in [-0.4, -0.2) is 60.1 Å². The van der Waals surface area contributed by atoms with E-state index >= 15 is 0 Å². The van der Waals surface area contributed by atoms with Gasteiger partial charge in [-0.2, -0.15) is 0 Å². The van der Waals surface area contributed by atoms with Crippen molar-refractivity contribution in [1.29, 1.82) is 0 Å². The molecule has 0 atom stereocenters. The predicted octanol–water partition coefficient (Wildman–Crippen LogP) is 1.14. The van der Waals surface area contributed by atoms with Crippen LogP contribution in [0.3, 0.4) is 0 Å². The smallest absolute Gasteiger partial charge is 0.410 e. The van der Waals surface area contributed by atoms with Gasteiger partial charge < -0.3 is 15.4 Å². The minimum atomic E-state index is -0.522.